The normalized spacial score (nSPS) is 18.9. The number of nitrogens with one attached hydrogen (secondary N) is 1. The molecular weight excluding hydrogens is 270 g/mol. The smallest absolute Gasteiger partial charge is 0.301 e. The van der Waals surface area contributed by atoms with Crippen LogP contribution in [0.15, 0.2) is 30.3 Å². The van der Waals surface area contributed by atoms with Crippen LogP contribution in [0.2, 0.25) is 0 Å². The largest absolute Gasteiger partial charge is 0.342 e. The van der Waals surface area contributed by atoms with E-state index in [1.165, 1.54) is 0 Å². The van der Waals surface area contributed by atoms with E-state index >= 15 is 0 Å². The first kappa shape index (κ1) is 13.5. The zero-order chi connectivity index (χ0) is 14.0. The van der Waals surface area contributed by atoms with Gasteiger partial charge in [-0.05, 0) is 5.56 Å². The first-order chi connectivity index (χ1) is 8.88. The van der Waals surface area contributed by atoms with Crippen molar-refractivity contribution in [1.29, 1.82) is 0 Å². The van der Waals surface area contributed by atoms with Crippen molar-refractivity contribution in [3.05, 3.63) is 35.9 Å². The quantitative estimate of drug-likeness (QED) is 0.673. The summed E-state index contributed by atoms with van der Waals surface area (Å²) < 4.78 is 22.4. The molecule has 7 nitrogen and oxygen atoms in total. The lowest BCUT2D eigenvalue weighted by molar-refractivity contribution is -0.140. The number of hydrogen-bond donors (Lipinski definition) is 2. The number of amides is 2. The molecule has 1 aromatic rings. The minimum Gasteiger partial charge on any atom is -0.342 e. The van der Waals surface area contributed by atoms with Gasteiger partial charge in [-0.25, -0.2) is 9.44 Å². The van der Waals surface area contributed by atoms with Crippen LogP contribution < -0.4 is 10.5 Å². The molecule has 1 aromatic carbocycles. The molecule has 1 heterocycles. The van der Waals surface area contributed by atoms with Crippen LogP contribution in [0.4, 0.5) is 0 Å². The third-order valence-corrected chi connectivity index (χ3v) is 3.69. The van der Waals surface area contributed by atoms with Gasteiger partial charge in [-0.15, -0.1) is 0 Å². The number of nitrogens with two attached hydrogens (primary N) is 1. The Morgan fingerprint density at radius 1 is 1.37 bits per heavy atom. The predicted molar refractivity (Wildman–Crippen MR) is 66.9 cm³/mol. The van der Waals surface area contributed by atoms with E-state index in [0.717, 1.165) is 5.56 Å². The van der Waals surface area contributed by atoms with E-state index < -0.39 is 22.2 Å². The van der Waals surface area contributed by atoms with Gasteiger partial charge in [0.1, 0.15) is 6.04 Å². The summed E-state index contributed by atoms with van der Waals surface area (Å²) in [6, 6.07) is 8.22. The average molecular weight is 283 g/mol. The summed E-state index contributed by atoms with van der Waals surface area (Å²) in [7, 11) is -4.01. The standard InChI is InChI=1S/C11H13N3O4S/c12-19(17,18)14-7-9(11(14)16)13-10(15)6-8-4-2-1-3-5-8/h1-5,9H,6-7H2,(H,13,15)(H2,12,17,18). The Kier molecular flexibility index (Phi) is 3.54. The zero-order valence-electron chi connectivity index (χ0n) is 9.94. The van der Waals surface area contributed by atoms with Crippen molar-refractivity contribution >= 4 is 22.0 Å². The van der Waals surface area contributed by atoms with E-state index in [4.69, 9.17) is 5.14 Å². The van der Waals surface area contributed by atoms with Gasteiger partial charge in [0.05, 0.1) is 13.0 Å². The molecule has 0 radical (unpaired) electrons. The molecule has 0 spiro atoms. The molecule has 102 valence electrons. The molecular formula is C11H13N3O4S. The fourth-order valence-electron chi connectivity index (χ4n) is 1.76. The van der Waals surface area contributed by atoms with Crippen molar-refractivity contribution in [2.24, 2.45) is 5.14 Å². The Balaban J connectivity index is 1.87. The third kappa shape index (κ3) is 3.09. The minimum absolute atomic E-state index is 0.113. The topological polar surface area (TPSA) is 110 Å². The molecule has 1 saturated heterocycles. The second-order valence-electron chi connectivity index (χ2n) is 4.20. The van der Waals surface area contributed by atoms with Gasteiger partial charge in [-0.1, -0.05) is 30.3 Å². The van der Waals surface area contributed by atoms with E-state index in [0.29, 0.717) is 4.31 Å². The fraction of sp³-hybridized carbons (Fsp3) is 0.273. The van der Waals surface area contributed by atoms with E-state index in [-0.39, 0.29) is 18.9 Å². The van der Waals surface area contributed by atoms with Crippen molar-refractivity contribution in [3.8, 4) is 0 Å². The monoisotopic (exact) mass is 283 g/mol. The van der Waals surface area contributed by atoms with Gasteiger partial charge in [-0.2, -0.15) is 8.42 Å². The lowest BCUT2D eigenvalue weighted by atomic mass is 10.1. The van der Waals surface area contributed by atoms with E-state index in [1.807, 2.05) is 6.07 Å². The van der Waals surface area contributed by atoms with Gasteiger partial charge in [0, 0.05) is 0 Å². The molecule has 0 bridgehead atoms. The Morgan fingerprint density at radius 2 is 2.00 bits per heavy atom. The summed E-state index contributed by atoms with van der Waals surface area (Å²) in [4.78, 5) is 23.1. The maximum Gasteiger partial charge on any atom is 0.301 e. The summed E-state index contributed by atoms with van der Waals surface area (Å²) in [5.74, 6) is -1.04. The highest BCUT2D eigenvalue weighted by Crippen LogP contribution is 2.13. The first-order valence-electron chi connectivity index (χ1n) is 5.55. The minimum atomic E-state index is -4.01. The molecule has 0 saturated carbocycles. The number of carbonyl (C=O) groups excluding carboxylic acids is 2. The van der Waals surface area contributed by atoms with Crippen LogP contribution in [0, 0.1) is 0 Å². The lowest BCUT2D eigenvalue weighted by Gasteiger charge is -2.35. The molecule has 2 rings (SSSR count). The number of β-lactam (4-membered cyclic amide) rings is 1. The molecule has 2 amide bonds. The number of rotatable bonds is 4. The Hall–Kier alpha value is -1.93. The van der Waals surface area contributed by atoms with Crippen molar-refractivity contribution in [2.45, 2.75) is 12.5 Å². The van der Waals surface area contributed by atoms with E-state index in [2.05, 4.69) is 5.32 Å². The first-order valence-corrected chi connectivity index (χ1v) is 7.06. The van der Waals surface area contributed by atoms with E-state index in [9.17, 15) is 18.0 Å². The van der Waals surface area contributed by atoms with Gasteiger partial charge in [-0.3, -0.25) is 9.59 Å². The van der Waals surface area contributed by atoms with Gasteiger partial charge in [0.15, 0.2) is 0 Å². The number of hydrogen-bond acceptors (Lipinski definition) is 4. The van der Waals surface area contributed by atoms with Crippen molar-refractivity contribution in [2.75, 3.05) is 6.54 Å². The lowest BCUT2D eigenvalue weighted by Crippen LogP contribution is -2.66. The molecule has 1 fully saturated rings. The average Bonchev–Trinajstić information content (AvgIpc) is 2.33. The maximum atomic E-state index is 11.7. The molecule has 1 aliphatic heterocycles. The molecule has 3 N–H and O–H groups in total. The molecule has 1 aliphatic rings. The van der Waals surface area contributed by atoms with Crippen LogP contribution >= 0.6 is 0 Å². The Bertz CT molecular complexity index is 600. The zero-order valence-corrected chi connectivity index (χ0v) is 10.8. The van der Waals surface area contributed by atoms with Crippen LogP contribution in [-0.2, 0) is 26.2 Å². The summed E-state index contributed by atoms with van der Waals surface area (Å²) >= 11 is 0. The van der Waals surface area contributed by atoms with Gasteiger partial charge in [0.25, 0.3) is 5.91 Å². The molecule has 19 heavy (non-hydrogen) atoms. The third-order valence-electron chi connectivity index (χ3n) is 2.74. The summed E-state index contributed by atoms with van der Waals surface area (Å²) in [6.07, 6.45) is 0.139. The van der Waals surface area contributed by atoms with Crippen LogP contribution in [-0.4, -0.2) is 37.1 Å². The van der Waals surface area contributed by atoms with Crippen LogP contribution in [0.25, 0.3) is 0 Å². The second kappa shape index (κ2) is 4.98. The second-order valence-corrected chi connectivity index (χ2v) is 5.67. The molecule has 8 heteroatoms. The Morgan fingerprint density at radius 3 is 2.53 bits per heavy atom. The molecule has 1 unspecified atom stereocenters. The molecule has 1 atom stereocenters. The highest BCUT2D eigenvalue weighted by Gasteiger charge is 2.43. The molecule has 0 aliphatic carbocycles. The molecule has 0 aromatic heterocycles. The van der Waals surface area contributed by atoms with Gasteiger partial charge >= 0.3 is 10.2 Å². The van der Waals surface area contributed by atoms with Crippen LogP contribution in [0.1, 0.15) is 5.56 Å². The van der Waals surface area contributed by atoms with Crippen molar-refractivity contribution < 1.29 is 18.0 Å². The van der Waals surface area contributed by atoms with E-state index in [1.54, 1.807) is 24.3 Å². The summed E-state index contributed by atoms with van der Waals surface area (Å²) in [5, 5.41) is 7.28. The SMILES string of the molecule is NS(=O)(=O)N1CC(NC(=O)Cc2ccccc2)C1=O. The number of nitrogens with zero attached hydrogens (tertiary/aromatic N) is 1. The Labute approximate surface area is 110 Å². The van der Waals surface area contributed by atoms with Crippen molar-refractivity contribution in [1.82, 2.24) is 9.62 Å². The predicted octanol–water partition coefficient (Wildman–Crippen LogP) is -1.24. The van der Waals surface area contributed by atoms with Gasteiger partial charge in [0.2, 0.25) is 5.91 Å². The summed E-state index contributed by atoms with van der Waals surface area (Å²) in [5.41, 5.74) is 0.815. The van der Waals surface area contributed by atoms with Crippen LogP contribution in [0.3, 0.4) is 0 Å². The van der Waals surface area contributed by atoms with Crippen molar-refractivity contribution in [3.63, 3.8) is 0 Å². The summed E-state index contributed by atoms with van der Waals surface area (Å²) in [6.45, 7) is -0.113. The van der Waals surface area contributed by atoms with Gasteiger partial charge < -0.3 is 5.32 Å². The highest BCUT2D eigenvalue weighted by molar-refractivity contribution is 7.87. The number of carbonyl (C=O) groups is 2. The maximum absolute atomic E-state index is 11.7. The number of benzene rings is 1. The highest BCUT2D eigenvalue weighted by atomic mass is 32.2. The fourth-order valence-corrected chi connectivity index (χ4v) is 2.49. The van der Waals surface area contributed by atoms with Crippen LogP contribution in [0.5, 0.6) is 0 Å².